The van der Waals surface area contributed by atoms with Crippen molar-refractivity contribution in [2.45, 2.75) is 0 Å². The second-order valence-corrected chi connectivity index (χ2v) is 4.73. The van der Waals surface area contributed by atoms with Crippen molar-refractivity contribution in [3.63, 3.8) is 0 Å². The number of methoxy groups -OCH3 is 1. The van der Waals surface area contributed by atoms with Gasteiger partial charge in [-0.15, -0.1) is 0 Å². The van der Waals surface area contributed by atoms with Crippen LogP contribution in [0.2, 0.25) is 0 Å². The lowest BCUT2D eigenvalue weighted by Crippen LogP contribution is -3.15. The Balaban J connectivity index is 2.04. The summed E-state index contributed by atoms with van der Waals surface area (Å²) in [5, 5.41) is 13.6. The maximum absolute atomic E-state index is 12.0. The van der Waals surface area contributed by atoms with Gasteiger partial charge in [0.15, 0.2) is 6.54 Å². The number of nitro groups is 1. The molecule has 0 aromatic heterocycles. The molecule has 8 heteroatoms. The van der Waals surface area contributed by atoms with E-state index in [9.17, 15) is 14.9 Å². The Morgan fingerprint density at radius 2 is 2.19 bits per heavy atom. The molecule has 8 nitrogen and oxygen atoms in total. The fourth-order valence-electron chi connectivity index (χ4n) is 2.15. The summed E-state index contributed by atoms with van der Waals surface area (Å²) in [6.07, 6.45) is 0. The molecule has 0 saturated carbocycles. The van der Waals surface area contributed by atoms with Gasteiger partial charge >= 0.3 is 0 Å². The van der Waals surface area contributed by atoms with E-state index in [-0.39, 0.29) is 23.8 Å². The van der Waals surface area contributed by atoms with E-state index in [1.165, 1.54) is 19.2 Å². The first-order valence-electron chi connectivity index (χ1n) is 6.63. The van der Waals surface area contributed by atoms with Crippen molar-refractivity contribution in [1.82, 2.24) is 0 Å². The van der Waals surface area contributed by atoms with Gasteiger partial charge in [0.05, 0.1) is 31.3 Å². The highest BCUT2D eigenvalue weighted by Crippen LogP contribution is 2.28. The minimum Gasteiger partial charge on any atom is -0.496 e. The molecule has 1 aliphatic rings. The van der Waals surface area contributed by atoms with Crippen molar-refractivity contribution in [3.8, 4) is 5.75 Å². The van der Waals surface area contributed by atoms with Crippen LogP contribution in [0.15, 0.2) is 18.2 Å². The zero-order valence-corrected chi connectivity index (χ0v) is 11.8. The normalized spacial score (nSPS) is 15.5. The highest BCUT2D eigenvalue weighted by Gasteiger charge is 2.21. The number of carbonyl (C=O) groups is 1. The molecule has 1 amide bonds. The number of quaternary nitrogens is 1. The average molecular weight is 296 g/mol. The molecule has 2 N–H and O–H groups in total. The number of anilines is 1. The zero-order valence-electron chi connectivity index (χ0n) is 11.8. The van der Waals surface area contributed by atoms with E-state index in [0.717, 1.165) is 18.0 Å². The Kier molecular flexibility index (Phi) is 5.07. The SMILES string of the molecule is COc1ccc(NC(=O)C[NH+]2CCOCC2)c([N+](=O)[O-])c1. The molecule has 0 radical (unpaired) electrons. The standard InChI is InChI=1S/C13H17N3O5/c1-20-10-2-3-11(12(8-10)16(18)19)14-13(17)9-15-4-6-21-7-5-15/h2-3,8H,4-7,9H2,1H3,(H,14,17)/p+1. The van der Waals surface area contributed by atoms with E-state index in [0.29, 0.717) is 19.0 Å². The van der Waals surface area contributed by atoms with Crippen LogP contribution in [-0.2, 0) is 9.53 Å². The molecule has 0 aliphatic carbocycles. The van der Waals surface area contributed by atoms with Gasteiger partial charge in [-0.2, -0.15) is 0 Å². The Hall–Kier alpha value is -2.19. The van der Waals surface area contributed by atoms with Crippen LogP contribution in [0.5, 0.6) is 5.75 Å². The van der Waals surface area contributed by atoms with Crippen molar-refractivity contribution < 1.29 is 24.1 Å². The van der Waals surface area contributed by atoms with E-state index in [1.807, 2.05) is 0 Å². The minimum absolute atomic E-state index is 0.179. The van der Waals surface area contributed by atoms with Crippen molar-refractivity contribution in [3.05, 3.63) is 28.3 Å². The van der Waals surface area contributed by atoms with Gasteiger partial charge in [0.1, 0.15) is 24.5 Å². The molecule has 114 valence electrons. The molecular weight excluding hydrogens is 278 g/mol. The fourth-order valence-corrected chi connectivity index (χ4v) is 2.15. The first kappa shape index (κ1) is 15.2. The van der Waals surface area contributed by atoms with Crippen LogP contribution in [0.25, 0.3) is 0 Å². The largest absolute Gasteiger partial charge is 0.496 e. The first-order chi connectivity index (χ1) is 10.1. The van der Waals surface area contributed by atoms with Crippen LogP contribution in [0, 0.1) is 10.1 Å². The van der Waals surface area contributed by atoms with Crippen LogP contribution in [0.1, 0.15) is 0 Å². The number of nitrogens with one attached hydrogen (secondary N) is 2. The Labute approximate surface area is 121 Å². The number of amides is 1. The molecule has 0 bridgehead atoms. The molecule has 1 saturated heterocycles. The van der Waals surface area contributed by atoms with Crippen molar-refractivity contribution in [2.75, 3.05) is 45.3 Å². The number of carbonyl (C=O) groups excluding carboxylic acids is 1. The van der Waals surface area contributed by atoms with Gasteiger partial charge in [-0.25, -0.2) is 0 Å². The van der Waals surface area contributed by atoms with Gasteiger partial charge < -0.3 is 19.7 Å². The summed E-state index contributed by atoms with van der Waals surface area (Å²) < 4.78 is 10.2. The maximum atomic E-state index is 12.0. The molecule has 0 atom stereocenters. The number of rotatable bonds is 5. The predicted octanol–water partition coefficient (Wildman–Crippen LogP) is -0.543. The third-order valence-corrected chi connectivity index (χ3v) is 3.29. The summed E-state index contributed by atoms with van der Waals surface area (Å²) >= 11 is 0. The maximum Gasteiger partial charge on any atom is 0.296 e. The van der Waals surface area contributed by atoms with Gasteiger partial charge in [-0.05, 0) is 12.1 Å². The van der Waals surface area contributed by atoms with Crippen LogP contribution >= 0.6 is 0 Å². The Morgan fingerprint density at radius 1 is 1.48 bits per heavy atom. The smallest absolute Gasteiger partial charge is 0.296 e. The van der Waals surface area contributed by atoms with E-state index in [1.54, 1.807) is 6.07 Å². The first-order valence-corrected chi connectivity index (χ1v) is 6.63. The number of hydrogen-bond acceptors (Lipinski definition) is 5. The minimum atomic E-state index is -0.542. The van der Waals surface area contributed by atoms with Gasteiger partial charge in [0, 0.05) is 0 Å². The molecule has 2 rings (SSSR count). The lowest BCUT2D eigenvalue weighted by Gasteiger charge is -2.23. The van der Waals surface area contributed by atoms with Crippen molar-refractivity contribution in [1.29, 1.82) is 0 Å². The predicted molar refractivity (Wildman–Crippen MR) is 74.7 cm³/mol. The summed E-state index contributed by atoms with van der Waals surface area (Å²) in [6, 6.07) is 4.34. The molecule has 1 fully saturated rings. The summed E-state index contributed by atoms with van der Waals surface area (Å²) in [7, 11) is 1.43. The van der Waals surface area contributed by atoms with E-state index >= 15 is 0 Å². The second-order valence-electron chi connectivity index (χ2n) is 4.73. The highest BCUT2D eigenvalue weighted by molar-refractivity contribution is 5.93. The van der Waals surface area contributed by atoms with Crippen LogP contribution < -0.4 is 15.0 Å². The quantitative estimate of drug-likeness (QED) is 0.562. The van der Waals surface area contributed by atoms with E-state index in [2.05, 4.69) is 5.32 Å². The second kappa shape index (κ2) is 7.00. The lowest BCUT2D eigenvalue weighted by atomic mass is 10.2. The number of ether oxygens (including phenoxy) is 2. The lowest BCUT2D eigenvalue weighted by molar-refractivity contribution is -0.899. The van der Waals surface area contributed by atoms with Gasteiger partial charge in [0.2, 0.25) is 0 Å². The van der Waals surface area contributed by atoms with Crippen LogP contribution in [0.4, 0.5) is 11.4 Å². The number of hydrogen-bond donors (Lipinski definition) is 2. The number of nitro benzene ring substituents is 1. The molecule has 1 aliphatic heterocycles. The van der Waals surface area contributed by atoms with Crippen LogP contribution in [0.3, 0.4) is 0 Å². The Morgan fingerprint density at radius 3 is 2.81 bits per heavy atom. The Bertz CT molecular complexity index is 529. The average Bonchev–Trinajstić information content (AvgIpc) is 2.48. The van der Waals surface area contributed by atoms with Gasteiger partial charge in [0.25, 0.3) is 11.6 Å². The van der Waals surface area contributed by atoms with E-state index in [4.69, 9.17) is 9.47 Å². The molecule has 0 spiro atoms. The molecular formula is C13H18N3O5+. The summed E-state index contributed by atoms with van der Waals surface area (Å²) in [5.74, 6) is 0.124. The van der Waals surface area contributed by atoms with Gasteiger partial charge in [-0.1, -0.05) is 0 Å². The van der Waals surface area contributed by atoms with Crippen molar-refractivity contribution in [2.24, 2.45) is 0 Å². The molecule has 0 unspecified atom stereocenters. The van der Waals surface area contributed by atoms with E-state index < -0.39 is 4.92 Å². The topological polar surface area (TPSA) is 95.1 Å². The fraction of sp³-hybridized carbons (Fsp3) is 0.462. The monoisotopic (exact) mass is 296 g/mol. The zero-order chi connectivity index (χ0) is 15.2. The highest BCUT2D eigenvalue weighted by atomic mass is 16.6. The molecule has 21 heavy (non-hydrogen) atoms. The number of benzene rings is 1. The third-order valence-electron chi connectivity index (χ3n) is 3.29. The summed E-state index contributed by atoms with van der Waals surface area (Å²) in [5.41, 5.74) is -0.00173. The number of nitrogens with zero attached hydrogens (tertiary/aromatic N) is 1. The molecule has 1 heterocycles. The van der Waals surface area contributed by atoms with Crippen molar-refractivity contribution >= 4 is 17.3 Å². The third kappa shape index (κ3) is 4.14. The molecule has 1 aromatic rings. The summed E-state index contributed by atoms with van der Waals surface area (Å²) in [6.45, 7) is 3.05. The summed E-state index contributed by atoms with van der Waals surface area (Å²) in [4.78, 5) is 23.6. The van der Waals surface area contributed by atoms with Crippen LogP contribution in [-0.4, -0.2) is 50.8 Å². The molecule has 1 aromatic carbocycles. The van der Waals surface area contributed by atoms with Gasteiger partial charge in [-0.3, -0.25) is 14.9 Å². The number of morpholine rings is 1.